The van der Waals surface area contributed by atoms with E-state index in [0.717, 1.165) is 6.54 Å². The molecule has 0 aliphatic heterocycles. The maximum Gasteiger partial charge on any atom is 0.318 e. The van der Waals surface area contributed by atoms with E-state index in [9.17, 15) is 9.59 Å². The third kappa shape index (κ3) is 2.60. The van der Waals surface area contributed by atoms with Gasteiger partial charge in [-0.2, -0.15) is 0 Å². The first-order valence-electron chi connectivity index (χ1n) is 5.94. The maximum atomic E-state index is 11.4. The van der Waals surface area contributed by atoms with Crippen molar-refractivity contribution in [3.8, 4) is 0 Å². The number of hydrogen-bond acceptors (Lipinski definition) is 3. The average molecular weight is 241 g/mol. The van der Waals surface area contributed by atoms with Gasteiger partial charge in [0.15, 0.2) is 0 Å². The van der Waals surface area contributed by atoms with E-state index in [2.05, 4.69) is 38.3 Å². The Morgan fingerprint density at radius 1 is 1.24 bits per heavy atom. The predicted molar refractivity (Wildman–Crippen MR) is 66.2 cm³/mol. The van der Waals surface area contributed by atoms with Crippen LogP contribution in [0.3, 0.4) is 0 Å². The minimum absolute atomic E-state index is 0.292. The molecule has 3 amide bonds. The Hall–Kier alpha value is -1.10. The molecule has 0 spiro atoms. The van der Waals surface area contributed by atoms with Crippen molar-refractivity contribution in [3.05, 3.63) is 0 Å². The summed E-state index contributed by atoms with van der Waals surface area (Å²) in [7, 11) is 0. The van der Waals surface area contributed by atoms with Gasteiger partial charge in [0.2, 0.25) is 5.91 Å². The summed E-state index contributed by atoms with van der Waals surface area (Å²) in [6.45, 7) is 11.4. The van der Waals surface area contributed by atoms with Crippen LogP contribution in [-0.4, -0.2) is 24.5 Å². The van der Waals surface area contributed by atoms with Crippen LogP contribution in [0.2, 0.25) is 0 Å². The molecule has 0 radical (unpaired) electrons. The van der Waals surface area contributed by atoms with Crippen LogP contribution in [0.15, 0.2) is 0 Å². The smallest absolute Gasteiger partial charge is 0.318 e. The Morgan fingerprint density at radius 2 is 1.71 bits per heavy atom. The number of urea groups is 1. The van der Waals surface area contributed by atoms with Crippen molar-refractivity contribution < 1.29 is 9.59 Å². The van der Waals surface area contributed by atoms with Crippen molar-refractivity contribution in [3.63, 3.8) is 0 Å². The van der Waals surface area contributed by atoms with Crippen molar-refractivity contribution in [1.29, 1.82) is 0 Å². The molecule has 0 aromatic heterocycles. The fourth-order valence-corrected chi connectivity index (χ4v) is 2.46. The first-order valence-corrected chi connectivity index (χ1v) is 5.94. The standard InChI is InChI=1S/C12H23N3O2/c1-7(9(16)15-10(13)17)14-6-8-11(2,3)12(8,4)5/h7-8,14H,6H2,1-5H3,(H3,13,15,16,17). The first kappa shape index (κ1) is 14.0. The molecule has 5 nitrogen and oxygen atoms in total. The minimum atomic E-state index is -0.810. The number of nitrogens with two attached hydrogens (primary N) is 1. The zero-order valence-electron chi connectivity index (χ0n) is 11.3. The molecule has 1 aliphatic rings. The predicted octanol–water partition coefficient (Wildman–Crippen LogP) is 0.842. The SMILES string of the molecule is CC(NCC1C(C)(C)C1(C)C)C(=O)NC(N)=O. The summed E-state index contributed by atoms with van der Waals surface area (Å²) < 4.78 is 0. The summed E-state index contributed by atoms with van der Waals surface area (Å²) >= 11 is 0. The van der Waals surface area contributed by atoms with E-state index >= 15 is 0 Å². The Morgan fingerprint density at radius 3 is 2.06 bits per heavy atom. The zero-order valence-corrected chi connectivity index (χ0v) is 11.3. The van der Waals surface area contributed by atoms with Crippen LogP contribution in [0.25, 0.3) is 0 Å². The van der Waals surface area contributed by atoms with Crippen LogP contribution in [0.1, 0.15) is 34.6 Å². The van der Waals surface area contributed by atoms with Gasteiger partial charge in [0.1, 0.15) is 0 Å². The largest absolute Gasteiger partial charge is 0.351 e. The minimum Gasteiger partial charge on any atom is -0.351 e. The number of nitrogens with one attached hydrogen (secondary N) is 2. The summed E-state index contributed by atoms with van der Waals surface area (Å²) in [5.74, 6) is 0.160. The highest BCUT2D eigenvalue weighted by Crippen LogP contribution is 2.67. The molecule has 1 rings (SSSR count). The molecule has 0 aromatic carbocycles. The van der Waals surface area contributed by atoms with Gasteiger partial charge in [-0.3, -0.25) is 10.1 Å². The highest BCUT2D eigenvalue weighted by Gasteiger charge is 2.63. The van der Waals surface area contributed by atoms with E-state index in [1.165, 1.54) is 0 Å². The van der Waals surface area contributed by atoms with Gasteiger partial charge in [-0.15, -0.1) is 0 Å². The molecule has 1 atom stereocenters. The highest BCUT2D eigenvalue weighted by molar-refractivity contribution is 5.96. The number of rotatable bonds is 4. The lowest BCUT2D eigenvalue weighted by molar-refractivity contribution is -0.121. The molecule has 1 fully saturated rings. The van der Waals surface area contributed by atoms with Crippen molar-refractivity contribution in [2.45, 2.75) is 40.7 Å². The number of amides is 3. The van der Waals surface area contributed by atoms with Crippen LogP contribution >= 0.6 is 0 Å². The number of imide groups is 1. The second kappa shape index (κ2) is 4.29. The summed E-state index contributed by atoms with van der Waals surface area (Å²) in [5.41, 5.74) is 5.47. The molecule has 4 N–H and O–H groups in total. The molecule has 98 valence electrons. The molecule has 0 saturated heterocycles. The molecular weight excluding hydrogens is 218 g/mol. The van der Waals surface area contributed by atoms with E-state index in [-0.39, 0.29) is 5.91 Å². The van der Waals surface area contributed by atoms with Crippen molar-refractivity contribution in [2.75, 3.05) is 6.54 Å². The highest BCUT2D eigenvalue weighted by atomic mass is 16.2. The molecule has 0 aromatic rings. The lowest BCUT2D eigenvalue weighted by Gasteiger charge is -2.13. The summed E-state index contributed by atoms with van der Waals surface area (Å²) in [6.07, 6.45) is 0. The fourth-order valence-electron chi connectivity index (χ4n) is 2.46. The van der Waals surface area contributed by atoms with E-state index < -0.39 is 12.1 Å². The van der Waals surface area contributed by atoms with Crippen LogP contribution < -0.4 is 16.4 Å². The molecule has 17 heavy (non-hydrogen) atoms. The topological polar surface area (TPSA) is 84.2 Å². The lowest BCUT2D eigenvalue weighted by Crippen LogP contribution is -2.47. The summed E-state index contributed by atoms with van der Waals surface area (Å²) in [4.78, 5) is 22.0. The van der Waals surface area contributed by atoms with E-state index in [4.69, 9.17) is 5.73 Å². The fraction of sp³-hybridized carbons (Fsp3) is 0.833. The second-order valence-electron chi connectivity index (χ2n) is 5.98. The van der Waals surface area contributed by atoms with Gasteiger partial charge in [0.05, 0.1) is 6.04 Å². The number of carbonyl (C=O) groups is 2. The maximum absolute atomic E-state index is 11.4. The van der Waals surface area contributed by atoms with E-state index in [1.54, 1.807) is 6.92 Å². The van der Waals surface area contributed by atoms with Crippen molar-refractivity contribution in [2.24, 2.45) is 22.5 Å². The molecule has 0 bridgehead atoms. The Bertz CT molecular complexity index is 323. The molecule has 0 heterocycles. The van der Waals surface area contributed by atoms with E-state index in [1.807, 2.05) is 0 Å². The van der Waals surface area contributed by atoms with Gasteiger partial charge in [-0.1, -0.05) is 27.7 Å². The summed E-state index contributed by atoms with van der Waals surface area (Å²) in [5, 5.41) is 5.21. The van der Waals surface area contributed by atoms with Gasteiger partial charge >= 0.3 is 6.03 Å². The normalized spacial score (nSPS) is 22.9. The Kier molecular flexibility index (Phi) is 3.52. The average Bonchev–Trinajstić information content (AvgIpc) is 2.53. The van der Waals surface area contributed by atoms with Crippen LogP contribution in [0, 0.1) is 16.7 Å². The van der Waals surface area contributed by atoms with Crippen LogP contribution in [-0.2, 0) is 4.79 Å². The lowest BCUT2D eigenvalue weighted by atomic mass is 10.0. The third-order valence-electron chi connectivity index (χ3n) is 4.59. The second-order valence-corrected chi connectivity index (χ2v) is 5.98. The number of carbonyl (C=O) groups excluding carboxylic acids is 2. The quantitative estimate of drug-likeness (QED) is 0.682. The number of hydrogen-bond donors (Lipinski definition) is 3. The van der Waals surface area contributed by atoms with Crippen molar-refractivity contribution >= 4 is 11.9 Å². The van der Waals surface area contributed by atoms with Gasteiger partial charge in [0.25, 0.3) is 0 Å². The van der Waals surface area contributed by atoms with Crippen LogP contribution in [0.5, 0.6) is 0 Å². The van der Waals surface area contributed by atoms with Gasteiger partial charge in [-0.05, 0) is 30.2 Å². The van der Waals surface area contributed by atoms with E-state index in [0.29, 0.717) is 16.7 Å². The molecule has 1 saturated carbocycles. The molecule has 1 unspecified atom stereocenters. The van der Waals surface area contributed by atoms with Crippen LogP contribution in [0.4, 0.5) is 4.79 Å². The van der Waals surface area contributed by atoms with Crippen molar-refractivity contribution in [1.82, 2.24) is 10.6 Å². The van der Waals surface area contributed by atoms with Gasteiger partial charge < -0.3 is 11.1 Å². The Balaban J connectivity index is 2.38. The van der Waals surface area contributed by atoms with Gasteiger partial charge in [0, 0.05) is 0 Å². The Labute approximate surface area is 103 Å². The molecule has 5 heteroatoms. The third-order valence-corrected chi connectivity index (χ3v) is 4.59. The monoisotopic (exact) mass is 241 g/mol. The molecular formula is C12H23N3O2. The summed E-state index contributed by atoms with van der Waals surface area (Å²) in [6, 6.07) is -1.22. The molecule has 1 aliphatic carbocycles. The zero-order chi connectivity index (χ0) is 13.4. The first-order chi connectivity index (χ1) is 7.60. The number of primary amides is 1. The van der Waals surface area contributed by atoms with Gasteiger partial charge in [-0.25, -0.2) is 4.79 Å².